The first kappa shape index (κ1) is 24.3. The number of hydrogen-bond acceptors (Lipinski definition) is 5. The van der Waals surface area contributed by atoms with Crippen molar-refractivity contribution in [2.24, 2.45) is 5.92 Å². The van der Waals surface area contributed by atoms with Gasteiger partial charge in [0.15, 0.2) is 0 Å². The van der Waals surface area contributed by atoms with E-state index >= 15 is 0 Å². The molecule has 0 aromatic heterocycles. The number of carbonyl (C=O) groups is 2. The summed E-state index contributed by atoms with van der Waals surface area (Å²) in [5.41, 5.74) is 1.24. The highest BCUT2D eigenvalue weighted by molar-refractivity contribution is 5.80. The van der Waals surface area contributed by atoms with Gasteiger partial charge in [-0.15, -0.1) is 0 Å². The molecular formula is C24H37FN4O3. The van der Waals surface area contributed by atoms with Crippen LogP contribution in [0.4, 0.5) is 14.9 Å². The van der Waals surface area contributed by atoms with Gasteiger partial charge < -0.3 is 24.8 Å². The quantitative estimate of drug-likeness (QED) is 0.765. The number of hydrogen-bond donors (Lipinski definition) is 1. The van der Waals surface area contributed by atoms with Gasteiger partial charge >= 0.3 is 6.09 Å². The van der Waals surface area contributed by atoms with E-state index in [0.717, 1.165) is 37.4 Å². The largest absolute Gasteiger partial charge is 0.444 e. The molecule has 0 spiro atoms. The molecule has 2 amide bonds. The smallest absolute Gasteiger partial charge is 0.410 e. The first-order chi connectivity index (χ1) is 15.0. The third-order valence-electron chi connectivity index (χ3n) is 6.18. The van der Waals surface area contributed by atoms with Crippen LogP contribution in [0, 0.1) is 11.7 Å². The minimum Gasteiger partial charge on any atom is -0.444 e. The molecule has 2 aliphatic heterocycles. The molecule has 2 saturated heterocycles. The number of nitrogens with zero attached hydrogens (tertiary/aromatic N) is 3. The van der Waals surface area contributed by atoms with E-state index in [4.69, 9.17) is 4.74 Å². The molecule has 2 fully saturated rings. The monoisotopic (exact) mass is 448 g/mol. The van der Waals surface area contributed by atoms with Gasteiger partial charge in [-0.25, -0.2) is 9.18 Å². The predicted molar refractivity (Wildman–Crippen MR) is 123 cm³/mol. The Morgan fingerprint density at radius 3 is 2.31 bits per heavy atom. The highest BCUT2D eigenvalue weighted by Crippen LogP contribution is 2.29. The Morgan fingerprint density at radius 1 is 1.09 bits per heavy atom. The summed E-state index contributed by atoms with van der Waals surface area (Å²) in [5.74, 6) is -0.517. The molecule has 0 saturated carbocycles. The van der Waals surface area contributed by atoms with Gasteiger partial charge in [0.05, 0.1) is 6.04 Å². The van der Waals surface area contributed by atoms with E-state index < -0.39 is 5.60 Å². The number of nitrogens with one attached hydrogen (secondary N) is 1. The van der Waals surface area contributed by atoms with E-state index in [2.05, 4.69) is 22.2 Å². The molecule has 1 aromatic carbocycles. The van der Waals surface area contributed by atoms with E-state index in [9.17, 15) is 14.0 Å². The number of halogens is 1. The van der Waals surface area contributed by atoms with E-state index in [-0.39, 0.29) is 29.8 Å². The molecule has 1 aromatic rings. The molecule has 3 rings (SSSR count). The second-order valence-corrected chi connectivity index (χ2v) is 9.97. The lowest BCUT2D eigenvalue weighted by Crippen LogP contribution is -2.46. The van der Waals surface area contributed by atoms with Crippen molar-refractivity contribution in [3.63, 3.8) is 0 Å². The maximum absolute atomic E-state index is 14.1. The average molecular weight is 449 g/mol. The molecule has 7 nitrogen and oxygen atoms in total. The lowest BCUT2D eigenvalue weighted by Gasteiger charge is -2.36. The van der Waals surface area contributed by atoms with Crippen LogP contribution in [0.15, 0.2) is 18.2 Å². The molecule has 2 aliphatic rings. The summed E-state index contributed by atoms with van der Waals surface area (Å²) >= 11 is 0. The summed E-state index contributed by atoms with van der Waals surface area (Å²) in [6, 6.07) is 4.52. The molecule has 0 radical (unpaired) electrons. The molecule has 1 unspecified atom stereocenters. The zero-order chi connectivity index (χ0) is 23.5. The van der Waals surface area contributed by atoms with E-state index in [1.54, 1.807) is 4.90 Å². The van der Waals surface area contributed by atoms with Crippen LogP contribution in [-0.4, -0.2) is 73.7 Å². The maximum Gasteiger partial charge on any atom is 0.410 e. The summed E-state index contributed by atoms with van der Waals surface area (Å²) < 4.78 is 19.5. The fourth-order valence-corrected chi connectivity index (χ4v) is 4.27. The van der Waals surface area contributed by atoms with Crippen LogP contribution < -0.4 is 10.2 Å². The first-order valence-corrected chi connectivity index (χ1v) is 11.5. The zero-order valence-electron chi connectivity index (χ0n) is 20.0. The number of piperazine rings is 1. The number of anilines is 1. The van der Waals surface area contributed by atoms with Gasteiger partial charge in [0, 0.05) is 56.4 Å². The predicted octanol–water partition coefficient (Wildman–Crippen LogP) is 3.40. The van der Waals surface area contributed by atoms with E-state index in [1.165, 1.54) is 12.1 Å². The summed E-state index contributed by atoms with van der Waals surface area (Å²) in [4.78, 5) is 31.4. The summed E-state index contributed by atoms with van der Waals surface area (Å²) in [7, 11) is 2.10. The second-order valence-electron chi connectivity index (χ2n) is 9.97. The standard InChI is InChI=1S/C24H37FN4O3/c1-17(20-16-19(25)6-7-21(20)28-14-12-27(5)13-15-28)26-22(30)18-8-10-29(11-9-18)23(31)32-24(2,3)4/h6-7,16-18H,8-15H2,1-5H3,(H,26,30). The Hall–Kier alpha value is -2.35. The van der Waals surface area contributed by atoms with Crippen LogP contribution in [0.1, 0.15) is 52.1 Å². The number of piperidine rings is 1. The molecule has 0 bridgehead atoms. The first-order valence-electron chi connectivity index (χ1n) is 11.5. The Labute approximate surface area is 190 Å². The van der Waals surface area contributed by atoms with Crippen LogP contribution in [0.3, 0.4) is 0 Å². The van der Waals surface area contributed by atoms with Crippen LogP contribution in [0.2, 0.25) is 0 Å². The molecule has 1 atom stereocenters. The number of ether oxygens (including phenoxy) is 1. The zero-order valence-corrected chi connectivity index (χ0v) is 20.0. The lowest BCUT2D eigenvalue weighted by atomic mass is 9.95. The number of benzene rings is 1. The van der Waals surface area contributed by atoms with Crippen LogP contribution in [-0.2, 0) is 9.53 Å². The van der Waals surface area contributed by atoms with E-state index in [1.807, 2.05) is 33.8 Å². The van der Waals surface area contributed by atoms with Gasteiger partial charge in [0.25, 0.3) is 0 Å². The van der Waals surface area contributed by atoms with Crippen molar-refractivity contribution in [2.75, 3.05) is 51.2 Å². The van der Waals surface area contributed by atoms with Gasteiger partial charge in [0.2, 0.25) is 5.91 Å². The third-order valence-corrected chi connectivity index (χ3v) is 6.18. The van der Waals surface area contributed by atoms with Crippen molar-refractivity contribution in [1.82, 2.24) is 15.1 Å². The highest BCUT2D eigenvalue weighted by atomic mass is 19.1. The Morgan fingerprint density at radius 2 is 1.72 bits per heavy atom. The van der Waals surface area contributed by atoms with Gasteiger partial charge in [-0.05, 0) is 65.8 Å². The van der Waals surface area contributed by atoms with Crippen molar-refractivity contribution < 1.29 is 18.7 Å². The topological polar surface area (TPSA) is 65.1 Å². The summed E-state index contributed by atoms with van der Waals surface area (Å²) in [6.45, 7) is 12.1. The van der Waals surface area contributed by atoms with E-state index in [0.29, 0.717) is 25.9 Å². The fourth-order valence-electron chi connectivity index (χ4n) is 4.27. The summed E-state index contributed by atoms with van der Waals surface area (Å²) in [5, 5.41) is 3.09. The van der Waals surface area contributed by atoms with Crippen molar-refractivity contribution in [3.05, 3.63) is 29.6 Å². The van der Waals surface area contributed by atoms with Gasteiger partial charge in [-0.1, -0.05) is 0 Å². The fraction of sp³-hybridized carbons (Fsp3) is 0.667. The van der Waals surface area contributed by atoms with Crippen LogP contribution in [0.25, 0.3) is 0 Å². The van der Waals surface area contributed by atoms with Gasteiger partial charge in [-0.2, -0.15) is 0 Å². The third kappa shape index (κ3) is 6.34. The molecule has 8 heteroatoms. The minimum atomic E-state index is -0.535. The van der Waals surface area contributed by atoms with Crippen molar-refractivity contribution >= 4 is 17.7 Å². The van der Waals surface area contributed by atoms with Gasteiger partial charge in [-0.3, -0.25) is 4.79 Å². The average Bonchev–Trinajstić information content (AvgIpc) is 2.73. The number of carbonyl (C=O) groups excluding carboxylic acids is 2. The molecule has 178 valence electrons. The molecule has 2 heterocycles. The molecule has 0 aliphatic carbocycles. The van der Waals surface area contributed by atoms with Crippen LogP contribution >= 0.6 is 0 Å². The van der Waals surface area contributed by atoms with Crippen molar-refractivity contribution in [2.45, 2.75) is 52.2 Å². The van der Waals surface area contributed by atoms with Crippen molar-refractivity contribution in [1.29, 1.82) is 0 Å². The number of likely N-dealkylation sites (tertiary alicyclic amines) is 1. The van der Waals surface area contributed by atoms with Crippen molar-refractivity contribution in [3.8, 4) is 0 Å². The number of amides is 2. The SMILES string of the molecule is CC(NC(=O)C1CCN(C(=O)OC(C)(C)C)CC1)c1cc(F)ccc1N1CCN(C)CC1. The minimum absolute atomic E-state index is 0.0464. The Kier molecular flexibility index (Phi) is 7.64. The lowest BCUT2D eigenvalue weighted by molar-refractivity contribution is -0.127. The number of rotatable bonds is 4. The molecular weight excluding hydrogens is 411 g/mol. The van der Waals surface area contributed by atoms with Gasteiger partial charge in [0.1, 0.15) is 11.4 Å². The van der Waals surface area contributed by atoms with Crippen LogP contribution in [0.5, 0.6) is 0 Å². The number of likely N-dealkylation sites (N-methyl/N-ethyl adjacent to an activating group) is 1. The second kappa shape index (κ2) is 10.1. The highest BCUT2D eigenvalue weighted by Gasteiger charge is 2.31. The molecule has 1 N–H and O–H groups in total. The normalized spacial score (nSPS) is 19.6. The molecule has 32 heavy (non-hydrogen) atoms. The Bertz CT molecular complexity index is 810. The maximum atomic E-state index is 14.1. The Balaban J connectivity index is 1.59. The summed E-state index contributed by atoms with van der Waals surface area (Å²) in [6.07, 6.45) is 0.847.